The van der Waals surface area contributed by atoms with Gasteiger partial charge in [-0.05, 0) is 23.8 Å². The molecule has 0 aliphatic carbocycles. The molecule has 2 N–H and O–H groups in total. The Morgan fingerprint density at radius 3 is 2.50 bits per heavy atom. The van der Waals surface area contributed by atoms with Gasteiger partial charge >= 0.3 is 0 Å². The molecule has 80 valence electrons. The summed E-state index contributed by atoms with van der Waals surface area (Å²) in [6, 6.07) is 9.80. The first-order valence-electron chi connectivity index (χ1n) is 5.04. The van der Waals surface area contributed by atoms with E-state index in [1.54, 1.807) is 0 Å². The molecule has 0 fully saturated rings. The lowest BCUT2D eigenvalue weighted by Gasteiger charge is -1.91. The summed E-state index contributed by atoms with van der Waals surface area (Å²) < 4.78 is 0. The molecule has 0 aliphatic rings. The quantitative estimate of drug-likeness (QED) is 0.601. The van der Waals surface area contributed by atoms with Gasteiger partial charge < -0.3 is 5.73 Å². The topological polar surface area (TPSA) is 26.0 Å². The van der Waals surface area contributed by atoms with Crippen LogP contribution >= 0.6 is 0 Å². The second-order valence-corrected chi connectivity index (χ2v) is 3.34. The number of hydrogen-bond acceptors (Lipinski definition) is 1. The molecule has 1 nitrogen and oxygen atoms in total. The fraction of sp³-hybridized carbons (Fsp3) is 0.0667. The third-order valence-corrected chi connectivity index (χ3v) is 1.92. The maximum absolute atomic E-state index is 5.41. The minimum Gasteiger partial charge on any atom is -0.327 e. The average molecular weight is 209 g/mol. The Morgan fingerprint density at radius 1 is 1.19 bits per heavy atom. The van der Waals surface area contributed by atoms with E-state index in [1.165, 1.54) is 0 Å². The van der Waals surface area contributed by atoms with Crippen LogP contribution in [0.2, 0.25) is 0 Å². The van der Waals surface area contributed by atoms with Crippen molar-refractivity contribution < 1.29 is 0 Å². The molecule has 1 aromatic rings. The Kier molecular flexibility index (Phi) is 4.85. The molecule has 1 heteroatoms. The van der Waals surface area contributed by atoms with Crippen LogP contribution in [0.3, 0.4) is 0 Å². The molecule has 1 aromatic carbocycles. The van der Waals surface area contributed by atoms with E-state index in [0.29, 0.717) is 6.54 Å². The van der Waals surface area contributed by atoms with Gasteiger partial charge in [0.2, 0.25) is 0 Å². The Labute approximate surface area is 97.0 Å². The minimum atomic E-state index is 0.454. The molecule has 0 spiro atoms. The van der Waals surface area contributed by atoms with Crippen LogP contribution < -0.4 is 5.73 Å². The summed E-state index contributed by atoms with van der Waals surface area (Å²) in [5.41, 5.74) is 8.00. The molecule has 0 radical (unpaired) electrons. The van der Waals surface area contributed by atoms with Crippen molar-refractivity contribution in [3.8, 4) is 11.8 Å². The van der Waals surface area contributed by atoms with E-state index >= 15 is 0 Å². The fourth-order valence-corrected chi connectivity index (χ4v) is 1.00. The Hall–Kier alpha value is -2.04. The first-order valence-corrected chi connectivity index (χ1v) is 5.04. The van der Waals surface area contributed by atoms with Gasteiger partial charge in [-0.25, -0.2) is 0 Å². The van der Waals surface area contributed by atoms with E-state index in [4.69, 9.17) is 5.73 Å². The zero-order valence-electron chi connectivity index (χ0n) is 9.24. The molecule has 16 heavy (non-hydrogen) atoms. The lowest BCUT2D eigenvalue weighted by Crippen LogP contribution is -1.98. The summed E-state index contributed by atoms with van der Waals surface area (Å²) in [5.74, 6) is 5.99. The summed E-state index contributed by atoms with van der Waals surface area (Å²) in [7, 11) is 0. The van der Waals surface area contributed by atoms with E-state index in [0.717, 1.165) is 16.7 Å². The van der Waals surface area contributed by atoms with Gasteiger partial charge in [-0.1, -0.05) is 49.3 Å². The first-order chi connectivity index (χ1) is 7.72. The third-order valence-electron chi connectivity index (χ3n) is 1.92. The van der Waals surface area contributed by atoms with Crippen LogP contribution in [0.25, 0.3) is 0 Å². The largest absolute Gasteiger partial charge is 0.327 e. The Bertz CT molecular complexity index is 455. The second-order valence-electron chi connectivity index (χ2n) is 3.34. The van der Waals surface area contributed by atoms with Crippen molar-refractivity contribution in [3.63, 3.8) is 0 Å². The van der Waals surface area contributed by atoms with E-state index in [1.807, 2.05) is 42.5 Å². The van der Waals surface area contributed by atoms with Gasteiger partial charge in [0.05, 0.1) is 0 Å². The molecule has 0 unspecified atom stereocenters. The van der Waals surface area contributed by atoms with E-state index in [9.17, 15) is 0 Å². The van der Waals surface area contributed by atoms with E-state index < -0.39 is 0 Å². The SMILES string of the molecule is C=C(C#Cc1ccccc1)/C=C\C(=C)CN. The predicted octanol–water partition coefficient (Wildman–Crippen LogP) is 2.67. The molecule has 0 aliphatic heterocycles. The van der Waals surface area contributed by atoms with Crippen LogP contribution in [-0.4, -0.2) is 6.54 Å². The first kappa shape index (κ1) is 12.0. The van der Waals surface area contributed by atoms with Gasteiger partial charge in [-0.3, -0.25) is 0 Å². The van der Waals surface area contributed by atoms with Gasteiger partial charge in [0, 0.05) is 17.7 Å². The van der Waals surface area contributed by atoms with Crippen LogP contribution in [-0.2, 0) is 0 Å². The number of benzene rings is 1. The van der Waals surface area contributed by atoms with Crippen LogP contribution in [0.1, 0.15) is 5.56 Å². The van der Waals surface area contributed by atoms with Crippen molar-refractivity contribution in [3.05, 3.63) is 72.4 Å². The maximum Gasteiger partial charge on any atom is 0.0249 e. The zero-order valence-corrected chi connectivity index (χ0v) is 9.24. The monoisotopic (exact) mass is 209 g/mol. The molecule has 0 aromatic heterocycles. The Balaban J connectivity index is 2.62. The molecule has 0 saturated carbocycles. The molecule has 0 saturated heterocycles. The van der Waals surface area contributed by atoms with Crippen LogP contribution in [0, 0.1) is 11.8 Å². The smallest absolute Gasteiger partial charge is 0.0249 e. The third kappa shape index (κ3) is 4.45. The summed E-state index contributed by atoms with van der Waals surface area (Å²) in [5, 5.41) is 0. The van der Waals surface area contributed by atoms with Crippen LogP contribution in [0.4, 0.5) is 0 Å². The summed E-state index contributed by atoms with van der Waals surface area (Å²) in [6.45, 7) is 8.05. The van der Waals surface area contributed by atoms with Crippen molar-refractivity contribution >= 4 is 0 Å². The molecule has 0 amide bonds. The van der Waals surface area contributed by atoms with E-state index in [2.05, 4.69) is 25.0 Å². The van der Waals surface area contributed by atoms with Gasteiger partial charge in [-0.15, -0.1) is 0 Å². The lowest BCUT2D eigenvalue weighted by molar-refractivity contribution is 1.20. The molecule has 1 rings (SSSR count). The zero-order chi connectivity index (χ0) is 11.8. The van der Waals surface area contributed by atoms with Gasteiger partial charge in [0.25, 0.3) is 0 Å². The van der Waals surface area contributed by atoms with Crippen molar-refractivity contribution in [1.82, 2.24) is 0 Å². The van der Waals surface area contributed by atoms with Crippen molar-refractivity contribution in [1.29, 1.82) is 0 Å². The van der Waals surface area contributed by atoms with Crippen molar-refractivity contribution in [2.75, 3.05) is 6.54 Å². The fourth-order valence-electron chi connectivity index (χ4n) is 1.00. The van der Waals surface area contributed by atoms with Gasteiger partial charge in [0.15, 0.2) is 0 Å². The second kappa shape index (κ2) is 6.44. The van der Waals surface area contributed by atoms with Crippen LogP contribution in [0.5, 0.6) is 0 Å². The summed E-state index contributed by atoms with van der Waals surface area (Å²) in [6.07, 6.45) is 3.66. The number of rotatable bonds is 3. The molecule has 0 heterocycles. The van der Waals surface area contributed by atoms with Gasteiger partial charge in [0.1, 0.15) is 0 Å². The van der Waals surface area contributed by atoms with E-state index in [-0.39, 0.29) is 0 Å². The maximum atomic E-state index is 5.41. The standard InChI is InChI=1S/C15H15N/c1-13(8-9-14(2)12-16)10-11-15-6-4-3-5-7-15/h3-9H,1-2,12,16H2/b9-8-. The normalized spacial score (nSPS) is 9.56. The number of allylic oxidation sites excluding steroid dienone is 2. The van der Waals surface area contributed by atoms with Crippen molar-refractivity contribution in [2.45, 2.75) is 0 Å². The minimum absolute atomic E-state index is 0.454. The van der Waals surface area contributed by atoms with Crippen molar-refractivity contribution in [2.24, 2.45) is 5.73 Å². The highest BCUT2D eigenvalue weighted by Crippen LogP contribution is 1.98. The van der Waals surface area contributed by atoms with Gasteiger partial charge in [-0.2, -0.15) is 0 Å². The highest BCUT2D eigenvalue weighted by Gasteiger charge is 1.84. The molecule has 0 atom stereocenters. The molecular formula is C15H15N. The number of hydrogen-bond donors (Lipinski definition) is 1. The molecule has 0 bridgehead atoms. The lowest BCUT2D eigenvalue weighted by atomic mass is 10.2. The van der Waals surface area contributed by atoms with Crippen LogP contribution in [0.15, 0.2) is 66.8 Å². The predicted molar refractivity (Wildman–Crippen MR) is 69.8 cm³/mol. The highest BCUT2D eigenvalue weighted by molar-refractivity contribution is 5.44. The Morgan fingerprint density at radius 2 is 1.88 bits per heavy atom. The summed E-state index contributed by atoms with van der Waals surface area (Å²) in [4.78, 5) is 0. The molecular weight excluding hydrogens is 194 g/mol. The average Bonchev–Trinajstić information content (AvgIpc) is 2.34. The highest BCUT2D eigenvalue weighted by atomic mass is 14.5. The number of nitrogens with two attached hydrogens (primary N) is 1. The summed E-state index contributed by atoms with van der Waals surface area (Å²) >= 11 is 0.